The molecule has 20 heavy (non-hydrogen) atoms. The average Bonchev–Trinajstić information content (AvgIpc) is 2.72. The van der Waals surface area contributed by atoms with Crippen LogP contribution in [0.3, 0.4) is 0 Å². The summed E-state index contributed by atoms with van der Waals surface area (Å²) in [7, 11) is 4.26. The van der Waals surface area contributed by atoms with E-state index in [4.69, 9.17) is 0 Å². The fourth-order valence-electron chi connectivity index (χ4n) is 2.50. The van der Waals surface area contributed by atoms with E-state index in [-0.39, 0.29) is 0 Å². The van der Waals surface area contributed by atoms with E-state index < -0.39 is 0 Å². The molecular weight excluding hydrogens is 250 g/mol. The van der Waals surface area contributed by atoms with Crippen LogP contribution >= 0.6 is 0 Å². The third kappa shape index (κ3) is 3.55. The smallest absolute Gasteiger partial charge is 0.155 e. The molecule has 0 spiro atoms. The molecule has 2 heterocycles. The third-order valence-corrected chi connectivity index (χ3v) is 3.60. The van der Waals surface area contributed by atoms with E-state index in [1.165, 1.54) is 0 Å². The van der Waals surface area contributed by atoms with Gasteiger partial charge in [0.15, 0.2) is 5.65 Å². The van der Waals surface area contributed by atoms with Gasteiger partial charge in [-0.15, -0.1) is 0 Å². The number of fused-ring (bicyclic) bond motifs is 1. The first kappa shape index (κ1) is 14.9. The Hall–Kier alpha value is -1.46. The van der Waals surface area contributed by atoms with Crippen LogP contribution in [-0.4, -0.2) is 46.2 Å². The zero-order valence-corrected chi connectivity index (χ0v) is 13.1. The van der Waals surface area contributed by atoms with Gasteiger partial charge >= 0.3 is 0 Å². The second-order valence-electron chi connectivity index (χ2n) is 5.96. The topological polar surface area (TPSA) is 45.5 Å². The summed E-state index contributed by atoms with van der Waals surface area (Å²) in [4.78, 5) is 6.69. The highest BCUT2D eigenvalue weighted by Crippen LogP contribution is 2.07. The summed E-state index contributed by atoms with van der Waals surface area (Å²) >= 11 is 0. The van der Waals surface area contributed by atoms with Crippen LogP contribution < -0.4 is 5.32 Å². The molecule has 2 rings (SSSR count). The highest BCUT2D eigenvalue weighted by Gasteiger charge is 2.14. The molecule has 110 valence electrons. The summed E-state index contributed by atoms with van der Waals surface area (Å²) < 4.78 is 1.85. The first-order valence-electron chi connectivity index (χ1n) is 7.15. The molecule has 0 bridgehead atoms. The van der Waals surface area contributed by atoms with E-state index >= 15 is 0 Å². The normalized spacial score (nSPS) is 13.6. The highest BCUT2D eigenvalue weighted by atomic mass is 15.2. The van der Waals surface area contributed by atoms with Crippen LogP contribution in [0.1, 0.15) is 25.1 Å². The molecular formula is C15H25N5. The summed E-state index contributed by atoms with van der Waals surface area (Å²) in [5.41, 5.74) is 3.05. The van der Waals surface area contributed by atoms with Crippen molar-refractivity contribution in [3.63, 3.8) is 0 Å². The summed E-state index contributed by atoms with van der Waals surface area (Å²) in [6, 6.07) is 2.52. The zero-order valence-electron chi connectivity index (χ0n) is 13.1. The van der Waals surface area contributed by atoms with Crippen LogP contribution in [0.2, 0.25) is 0 Å². The number of rotatable bonds is 6. The lowest BCUT2D eigenvalue weighted by molar-refractivity contribution is 0.224. The molecule has 0 radical (unpaired) electrons. The van der Waals surface area contributed by atoms with Crippen molar-refractivity contribution in [3.8, 4) is 0 Å². The average molecular weight is 275 g/mol. The molecule has 5 heteroatoms. The predicted octanol–water partition coefficient (Wildman–Crippen LogP) is 1.71. The molecule has 0 fully saturated rings. The minimum atomic E-state index is 0.540. The second-order valence-corrected chi connectivity index (χ2v) is 5.96. The maximum atomic E-state index is 4.42. The van der Waals surface area contributed by atoms with Crippen molar-refractivity contribution in [2.24, 2.45) is 5.92 Å². The van der Waals surface area contributed by atoms with Gasteiger partial charge < -0.3 is 10.2 Å². The maximum absolute atomic E-state index is 4.42. The van der Waals surface area contributed by atoms with Crippen molar-refractivity contribution in [2.75, 3.05) is 20.6 Å². The maximum Gasteiger partial charge on any atom is 0.155 e. The lowest BCUT2D eigenvalue weighted by Gasteiger charge is -2.28. The molecule has 2 aromatic rings. The first-order valence-corrected chi connectivity index (χ1v) is 7.15. The van der Waals surface area contributed by atoms with Crippen molar-refractivity contribution in [2.45, 2.75) is 33.4 Å². The summed E-state index contributed by atoms with van der Waals surface area (Å²) in [6.45, 7) is 8.29. The number of aryl methyl sites for hydroxylation is 1. The molecule has 0 saturated heterocycles. The lowest BCUT2D eigenvalue weighted by Crippen LogP contribution is -2.41. The van der Waals surface area contributed by atoms with Gasteiger partial charge in [-0.1, -0.05) is 13.8 Å². The third-order valence-electron chi connectivity index (χ3n) is 3.60. The standard InChI is InChI=1S/C15H25N5/c1-11(2)14(19(4)5)9-16-7-13-8-17-15-6-12(3)18-20(15)10-13/h6,8,10-11,14,16H,7,9H2,1-5H3. The monoisotopic (exact) mass is 275 g/mol. The van der Waals surface area contributed by atoms with Gasteiger partial charge in [0.05, 0.1) is 5.69 Å². The lowest BCUT2D eigenvalue weighted by atomic mass is 10.0. The van der Waals surface area contributed by atoms with Crippen molar-refractivity contribution in [3.05, 3.63) is 29.7 Å². The summed E-state index contributed by atoms with van der Waals surface area (Å²) in [5.74, 6) is 0.631. The number of likely N-dealkylation sites (N-methyl/N-ethyl adjacent to an activating group) is 1. The molecule has 0 aliphatic carbocycles. The van der Waals surface area contributed by atoms with E-state index in [1.54, 1.807) is 0 Å². The van der Waals surface area contributed by atoms with E-state index in [0.29, 0.717) is 12.0 Å². The molecule has 0 amide bonds. The zero-order chi connectivity index (χ0) is 14.7. The SMILES string of the molecule is Cc1cc2ncc(CNCC(C(C)C)N(C)C)cn2n1. The van der Waals surface area contributed by atoms with Crippen molar-refractivity contribution in [1.82, 2.24) is 24.8 Å². The van der Waals surface area contributed by atoms with Crippen LogP contribution in [0, 0.1) is 12.8 Å². The Morgan fingerprint density at radius 3 is 2.75 bits per heavy atom. The van der Waals surface area contributed by atoms with Crippen molar-refractivity contribution >= 4 is 5.65 Å². The molecule has 2 aromatic heterocycles. The summed E-state index contributed by atoms with van der Waals surface area (Å²) in [5, 5.41) is 7.90. The van der Waals surface area contributed by atoms with Gasteiger partial charge in [0.2, 0.25) is 0 Å². The summed E-state index contributed by atoms with van der Waals surface area (Å²) in [6.07, 6.45) is 3.96. The number of hydrogen-bond donors (Lipinski definition) is 1. The molecule has 0 saturated carbocycles. The Balaban J connectivity index is 1.95. The Morgan fingerprint density at radius 1 is 1.35 bits per heavy atom. The van der Waals surface area contributed by atoms with Gasteiger partial charge in [-0.05, 0) is 26.9 Å². The van der Waals surface area contributed by atoms with E-state index in [1.807, 2.05) is 29.9 Å². The molecule has 1 N–H and O–H groups in total. The van der Waals surface area contributed by atoms with Crippen LogP contribution in [-0.2, 0) is 6.54 Å². The van der Waals surface area contributed by atoms with Crippen molar-refractivity contribution in [1.29, 1.82) is 0 Å². The minimum Gasteiger partial charge on any atom is -0.311 e. The van der Waals surface area contributed by atoms with Crippen LogP contribution in [0.15, 0.2) is 18.5 Å². The predicted molar refractivity (Wildman–Crippen MR) is 81.7 cm³/mol. The number of nitrogens with zero attached hydrogens (tertiary/aromatic N) is 4. The molecule has 1 unspecified atom stereocenters. The van der Waals surface area contributed by atoms with Crippen LogP contribution in [0.25, 0.3) is 5.65 Å². The van der Waals surface area contributed by atoms with Gasteiger partial charge in [0.25, 0.3) is 0 Å². The number of hydrogen-bond acceptors (Lipinski definition) is 4. The second kappa shape index (κ2) is 6.33. The molecule has 0 aliphatic heterocycles. The fourth-order valence-corrected chi connectivity index (χ4v) is 2.50. The quantitative estimate of drug-likeness (QED) is 0.872. The van der Waals surface area contributed by atoms with Gasteiger partial charge in [0, 0.05) is 43.2 Å². The van der Waals surface area contributed by atoms with Gasteiger partial charge in [0.1, 0.15) is 0 Å². The van der Waals surface area contributed by atoms with E-state index in [9.17, 15) is 0 Å². The van der Waals surface area contributed by atoms with E-state index in [2.05, 4.69) is 48.2 Å². The van der Waals surface area contributed by atoms with Gasteiger partial charge in [-0.3, -0.25) is 0 Å². The Labute approximate surface area is 121 Å². The van der Waals surface area contributed by atoms with Gasteiger partial charge in [-0.2, -0.15) is 5.10 Å². The Kier molecular flexibility index (Phi) is 4.73. The van der Waals surface area contributed by atoms with Crippen LogP contribution in [0.4, 0.5) is 0 Å². The number of nitrogens with one attached hydrogen (secondary N) is 1. The molecule has 0 aliphatic rings. The highest BCUT2D eigenvalue weighted by molar-refractivity contribution is 5.38. The largest absolute Gasteiger partial charge is 0.311 e. The van der Waals surface area contributed by atoms with Crippen molar-refractivity contribution < 1.29 is 0 Å². The van der Waals surface area contributed by atoms with E-state index in [0.717, 1.165) is 30.0 Å². The van der Waals surface area contributed by atoms with Gasteiger partial charge in [-0.25, -0.2) is 9.50 Å². The molecule has 1 atom stereocenters. The minimum absolute atomic E-state index is 0.540. The molecule has 0 aromatic carbocycles. The molecule has 5 nitrogen and oxygen atoms in total. The van der Waals surface area contributed by atoms with Crippen LogP contribution in [0.5, 0.6) is 0 Å². The Morgan fingerprint density at radius 2 is 2.10 bits per heavy atom. The first-order chi connectivity index (χ1) is 9.47. The number of aromatic nitrogens is 3. The fraction of sp³-hybridized carbons (Fsp3) is 0.600. The Bertz CT molecular complexity index is 550.